The summed E-state index contributed by atoms with van der Waals surface area (Å²) in [5.74, 6) is 17.1. The van der Waals surface area contributed by atoms with Crippen molar-refractivity contribution in [2.45, 2.75) is 0 Å². The third-order valence-corrected chi connectivity index (χ3v) is 6.23. The van der Waals surface area contributed by atoms with Gasteiger partial charge < -0.3 is 14.2 Å². The quantitative estimate of drug-likeness (QED) is 0.155. The molecule has 4 rings (SSSR count). The SMILES string of the molecule is COc1ccc(C#Cc2c([N+](=O)[O-])c(C#Cc3ccc(OC)cc3)c([N+](=O)[O-])c(C#Cc3ccc(OC)cc3)c2[N+](=O)[O-])cc1. The van der Waals surface area contributed by atoms with Crippen LogP contribution in [0.2, 0.25) is 0 Å². The van der Waals surface area contributed by atoms with Crippen LogP contribution in [0, 0.1) is 65.9 Å². The monoisotopic (exact) mass is 603 g/mol. The van der Waals surface area contributed by atoms with E-state index in [1.165, 1.54) is 21.3 Å². The molecule has 0 saturated heterocycles. The van der Waals surface area contributed by atoms with E-state index in [1.807, 2.05) is 0 Å². The van der Waals surface area contributed by atoms with Crippen molar-refractivity contribution in [3.05, 3.63) is 137 Å². The highest BCUT2D eigenvalue weighted by Gasteiger charge is 2.40. The predicted molar refractivity (Wildman–Crippen MR) is 163 cm³/mol. The highest BCUT2D eigenvalue weighted by Crippen LogP contribution is 2.42. The maximum atomic E-state index is 12.5. The van der Waals surface area contributed by atoms with Gasteiger partial charge in [-0.25, -0.2) is 0 Å². The van der Waals surface area contributed by atoms with Crippen LogP contribution in [0.5, 0.6) is 17.2 Å². The second kappa shape index (κ2) is 13.9. The van der Waals surface area contributed by atoms with Gasteiger partial charge in [0.1, 0.15) is 17.2 Å². The molecule has 0 N–H and O–H groups in total. The molecule has 0 atom stereocenters. The molecule has 0 bridgehead atoms. The fourth-order valence-corrected chi connectivity index (χ4v) is 4.04. The minimum absolute atomic E-state index is 0.342. The van der Waals surface area contributed by atoms with E-state index in [1.54, 1.807) is 72.8 Å². The van der Waals surface area contributed by atoms with Crippen LogP contribution in [0.15, 0.2) is 72.8 Å². The van der Waals surface area contributed by atoms with E-state index in [2.05, 4.69) is 35.5 Å². The maximum absolute atomic E-state index is 12.5. The molecular formula is C33H21N3O9. The van der Waals surface area contributed by atoms with Crippen molar-refractivity contribution in [3.8, 4) is 52.8 Å². The van der Waals surface area contributed by atoms with Gasteiger partial charge in [-0.1, -0.05) is 17.8 Å². The molecule has 0 saturated carbocycles. The summed E-state index contributed by atoms with van der Waals surface area (Å²) in [6.45, 7) is 0. The summed E-state index contributed by atoms with van der Waals surface area (Å²) < 4.78 is 15.4. The number of nitro groups is 3. The molecule has 0 heterocycles. The lowest BCUT2D eigenvalue weighted by Crippen LogP contribution is -2.08. The molecule has 12 heteroatoms. The zero-order chi connectivity index (χ0) is 32.5. The second-order valence-electron chi connectivity index (χ2n) is 8.88. The topological polar surface area (TPSA) is 157 Å². The average molecular weight is 604 g/mol. The molecule has 0 aromatic heterocycles. The van der Waals surface area contributed by atoms with Crippen LogP contribution in [0.25, 0.3) is 0 Å². The molecule has 45 heavy (non-hydrogen) atoms. The van der Waals surface area contributed by atoms with E-state index in [0.29, 0.717) is 33.9 Å². The summed E-state index contributed by atoms with van der Waals surface area (Å²) in [7, 11) is 4.40. The predicted octanol–water partition coefficient (Wildman–Crippen LogP) is 5.64. The van der Waals surface area contributed by atoms with Gasteiger partial charge in [-0.05, 0) is 90.6 Å². The van der Waals surface area contributed by atoms with Crippen molar-refractivity contribution in [1.82, 2.24) is 0 Å². The summed E-state index contributed by atoms with van der Waals surface area (Å²) in [6.07, 6.45) is 0. The minimum Gasteiger partial charge on any atom is -0.497 e. The lowest BCUT2D eigenvalue weighted by Gasteiger charge is -2.06. The van der Waals surface area contributed by atoms with Crippen LogP contribution >= 0.6 is 0 Å². The van der Waals surface area contributed by atoms with Gasteiger partial charge in [0.25, 0.3) is 0 Å². The van der Waals surface area contributed by atoms with Gasteiger partial charge in [0.05, 0.1) is 36.1 Å². The van der Waals surface area contributed by atoms with E-state index in [4.69, 9.17) is 14.2 Å². The van der Waals surface area contributed by atoms with Gasteiger partial charge in [0, 0.05) is 16.7 Å². The van der Waals surface area contributed by atoms with E-state index in [9.17, 15) is 30.3 Å². The normalized spacial score (nSPS) is 9.67. The fraction of sp³-hybridized carbons (Fsp3) is 0.0909. The molecule has 222 valence electrons. The Balaban J connectivity index is 2.10. The fourth-order valence-electron chi connectivity index (χ4n) is 4.04. The van der Waals surface area contributed by atoms with Crippen LogP contribution in [0.4, 0.5) is 17.1 Å². The van der Waals surface area contributed by atoms with Gasteiger partial charge in [-0.15, -0.1) is 0 Å². The molecule has 0 unspecified atom stereocenters. The first-order valence-electron chi connectivity index (χ1n) is 12.8. The molecule has 0 aliphatic rings. The molecule has 0 aliphatic heterocycles. The highest BCUT2D eigenvalue weighted by molar-refractivity contribution is 5.83. The molecule has 12 nitrogen and oxygen atoms in total. The van der Waals surface area contributed by atoms with Gasteiger partial charge in [-0.3, -0.25) is 30.3 Å². The minimum atomic E-state index is -0.995. The Hall–Kier alpha value is -6.84. The van der Waals surface area contributed by atoms with Crippen LogP contribution in [0.1, 0.15) is 33.4 Å². The van der Waals surface area contributed by atoms with Crippen LogP contribution in [-0.4, -0.2) is 36.1 Å². The Kier molecular flexibility index (Phi) is 9.60. The standard InChI is InChI=1S/C33H21N3O9/c1-43-25-13-4-22(5-14-25)10-19-28-31(34(37)38)29(20-11-23-6-15-26(44-2)16-7-23)33(36(41)42)30(32(28)35(39)40)21-12-24-8-17-27(45-3)18-9-24/h4-9,13-18H,1-3H3. The molecule has 0 fully saturated rings. The summed E-state index contributed by atoms with van der Waals surface area (Å²) >= 11 is 0. The van der Waals surface area contributed by atoms with Crippen molar-refractivity contribution in [2.75, 3.05) is 21.3 Å². The second-order valence-corrected chi connectivity index (χ2v) is 8.88. The van der Waals surface area contributed by atoms with Crippen molar-refractivity contribution in [1.29, 1.82) is 0 Å². The molecule has 0 amide bonds. The molecule has 4 aromatic carbocycles. The Morgan fingerprint density at radius 1 is 0.422 bits per heavy atom. The lowest BCUT2D eigenvalue weighted by atomic mass is 9.96. The molecule has 0 spiro atoms. The molecule has 4 aromatic rings. The van der Waals surface area contributed by atoms with Crippen molar-refractivity contribution in [2.24, 2.45) is 0 Å². The smallest absolute Gasteiger partial charge is 0.314 e. The van der Waals surface area contributed by atoms with E-state index in [0.717, 1.165) is 0 Å². The van der Waals surface area contributed by atoms with Gasteiger partial charge in [0.15, 0.2) is 16.7 Å². The number of rotatable bonds is 6. The average Bonchev–Trinajstić information content (AvgIpc) is 3.05. The molecule has 0 aliphatic carbocycles. The van der Waals surface area contributed by atoms with Crippen LogP contribution in [-0.2, 0) is 0 Å². The number of methoxy groups -OCH3 is 3. The first-order chi connectivity index (χ1) is 21.7. The number of ether oxygens (including phenoxy) is 3. The Bertz CT molecular complexity index is 1730. The van der Waals surface area contributed by atoms with Crippen molar-refractivity contribution >= 4 is 17.1 Å². The van der Waals surface area contributed by atoms with Gasteiger partial charge in [0.2, 0.25) is 0 Å². The number of benzene rings is 4. The third kappa shape index (κ3) is 7.15. The number of hydrogen-bond donors (Lipinski definition) is 0. The zero-order valence-corrected chi connectivity index (χ0v) is 23.9. The number of nitrogens with zero attached hydrogens (tertiary/aromatic N) is 3. The largest absolute Gasteiger partial charge is 0.497 e. The molecular weight excluding hydrogens is 582 g/mol. The van der Waals surface area contributed by atoms with E-state index >= 15 is 0 Å². The van der Waals surface area contributed by atoms with Gasteiger partial charge >= 0.3 is 17.1 Å². The van der Waals surface area contributed by atoms with Gasteiger partial charge in [-0.2, -0.15) is 0 Å². The van der Waals surface area contributed by atoms with Crippen LogP contribution < -0.4 is 14.2 Å². The van der Waals surface area contributed by atoms with Crippen molar-refractivity contribution in [3.63, 3.8) is 0 Å². The van der Waals surface area contributed by atoms with E-state index in [-0.39, 0.29) is 0 Å². The lowest BCUT2D eigenvalue weighted by molar-refractivity contribution is -0.404. The maximum Gasteiger partial charge on any atom is 0.314 e. The first kappa shape index (κ1) is 31.1. The van der Waals surface area contributed by atoms with Crippen LogP contribution in [0.3, 0.4) is 0 Å². The first-order valence-corrected chi connectivity index (χ1v) is 12.8. The Labute approximate surface area is 256 Å². The van der Waals surface area contributed by atoms with Crippen molar-refractivity contribution < 1.29 is 29.0 Å². The third-order valence-electron chi connectivity index (χ3n) is 6.23. The highest BCUT2D eigenvalue weighted by atomic mass is 16.6. The number of nitro benzene ring substituents is 3. The number of hydrogen-bond acceptors (Lipinski definition) is 9. The summed E-state index contributed by atoms with van der Waals surface area (Å²) in [5.41, 5.74) is -4.03. The summed E-state index contributed by atoms with van der Waals surface area (Å²) in [5, 5.41) is 37.4. The zero-order valence-electron chi connectivity index (χ0n) is 23.9. The Morgan fingerprint density at radius 2 is 0.644 bits per heavy atom. The summed E-state index contributed by atoms with van der Waals surface area (Å²) in [6, 6.07) is 18.8. The van der Waals surface area contributed by atoms with E-state index < -0.39 is 48.5 Å². The summed E-state index contributed by atoms with van der Waals surface area (Å²) in [4.78, 5) is 34.5. The molecule has 0 radical (unpaired) electrons. The Morgan fingerprint density at radius 3 is 0.822 bits per heavy atom.